The first kappa shape index (κ1) is 18.1. The van der Waals surface area contributed by atoms with Crippen LogP contribution >= 0.6 is 24.2 Å². The summed E-state index contributed by atoms with van der Waals surface area (Å²) in [6.07, 6.45) is 2.01. The van der Waals surface area contributed by atoms with Gasteiger partial charge < -0.3 is 15.7 Å². The standard InChI is InChI=1S/C15H22N2O2S.ClH/c1-11(16)12-6-8-17(9-7-12)15(19)10-20-14-4-2-13(18)3-5-14;/h2-5,11-12,18H,6-10,16H2,1H3;1H. The summed E-state index contributed by atoms with van der Waals surface area (Å²) < 4.78 is 0. The van der Waals surface area contributed by atoms with Crippen molar-refractivity contribution < 1.29 is 9.90 Å². The van der Waals surface area contributed by atoms with Crippen LogP contribution in [0.2, 0.25) is 0 Å². The van der Waals surface area contributed by atoms with E-state index in [4.69, 9.17) is 5.73 Å². The number of nitrogens with two attached hydrogens (primary N) is 1. The molecule has 0 saturated carbocycles. The molecule has 1 unspecified atom stereocenters. The molecule has 1 atom stereocenters. The van der Waals surface area contributed by atoms with Crippen molar-refractivity contribution in [3.63, 3.8) is 0 Å². The van der Waals surface area contributed by atoms with Crippen LogP contribution in [0.4, 0.5) is 0 Å². The molecule has 2 rings (SSSR count). The lowest BCUT2D eigenvalue weighted by molar-refractivity contribution is -0.129. The number of halogens is 1. The van der Waals surface area contributed by atoms with Gasteiger partial charge in [-0.05, 0) is 49.9 Å². The van der Waals surface area contributed by atoms with E-state index in [-0.39, 0.29) is 30.1 Å². The maximum absolute atomic E-state index is 12.1. The predicted molar refractivity (Wildman–Crippen MR) is 89.0 cm³/mol. The maximum atomic E-state index is 12.1. The summed E-state index contributed by atoms with van der Waals surface area (Å²) in [6.45, 7) is 3.69. The minimum absolute atomic E-state index is 0. The van der Waals surface area contributed by atoms with E-state index < -0.39 is 0 Å². The zero-order valence-corrected chi connectivity index (χ0v) is 13.8. The van der Waals surface area contributed by atoms with Crippen LogP contribution in [-0.2, 0) is 4.79 Å². The van der Waals surface area contributed by atoms with Gasteiger partial charge in [0.2, 0.25) is 5.91 Å². The molecule has 1 saturated heterocycles. The number of aromatic hydroxyl groups is 1. The van der Waals surface area contributed by atoms with E-state index in [1.807, 2.05) is 24.0 Å². The number of nitrogens with zero attached hydrogens (tertiary/aromatic N) is 1. The molecule has 21 heavy (non-hydrogen) atoms. The Kier molecular flexibility index (Phi) is 7.35. The molecule has 1 aromatic rings. The molecule has 3 N–H and O–H groups in total. The summed E-state index contributed by atoms with van der Waals surface area (Å²) in [5.41, 5.74) is 5.91. The van der Waals surface area contributed by atoms with Crippen molar-refractivity contribution in [1.29, 1.82) is 0 Å². The van der Waals surface area contributed by atoms with Gasteiger partial charge in [-0.1, -0.05) is 0 Å². The van der Waals surface area contributed by atoms with Crippen LogP contribution in [0.3, 0.4) is 0 Å². The van der Waals surface area contributed by atoms with E-state index in [1.165, 1.54) is 11.8 Å². The van der Waals surface area contributed by atoms with E-state index in [9.17, 15) is 9.90 Å². The van der Waals surface area contributed by atoms with Crippen LogP contribution in [-0.4, -0.2) is 40.8 Å². The number of piperidine rings is 1. The number of carbonyl (C=O) groups excluding carboxylic acids is 1. The molecule has 0 aromatic heterocycles. The molecule has 0 radical (unpaired) electrons. The highest BCUT2D eigenvalue weighted by molar-refractivity contribution is 8.00. The molecule has 4 nitrogen and oxygen atoms in total. The van der Waals surface area contributed by atoms with Crippen molar-refractivity contribution in [3.8, 4) is 5.75 Å². The number of phenols is 1. The van der Waals surface area contributed by atoms with Gasteiger partial charge >= 0.3 is 0 Å². The fourth-order valence-electron chi connectivity index (χ4n) is 2.45. The molecule has 1 aliphatic heterocycles. The molecule has 1 amide bonds. The smallest absolute Gasteiger partial charge is 0.232 e. The van der Waals surface area contributed by atoms with Crippen molar-refractivity contribution in [2.45, 2.75) is 30.7 Å². The molecule has 1 fully saturated rings. The average Bonchev–Trinajstić information content (AvgIpc) is 2.46. The lowest BCUT2D eigenvalue weighted by Crippen LogP contribution is -2.43. The summed E-state index contributed by atoms with van der Waals surface area (Å²) >= 11 is 1.51. The van der Waals surface area contributed by atoms with Crippen LogP contribution in [0.1, 0.15) is 19.8 Å². The number of hydrogen-bond donors (Lipinski definition) is 2. The molecule has 1 aromatic carbocycles. The first-order valence-electron chi connectivity index (χ1n) is 7.01. The van der Waals surface area contributed by atoms with Gasteiger partial charge in [-0.15, -0.1) is 24.2 Å². The van der Waals surface area contributed by atoms with Crippen molar-refractivity contribution >= 4 is 30.1 Å². The zero-order valence-electron chi connectivity index (χ0n) is 12.2. The topological polar surface area (TPSA) is 66.6 Å². The third-order valence-corrected chi connectivity index (χ3v) is 4.83. The lowest BCUT2D eigenvalue weighted by Gasteiger charge is -2.33. The Morgan fingerprint density at radius 3 is 2.48 bits per heavy atom. The Bertz CT molecular complexity index is 445. The predicted octanol–water partition coefficient (Wildman–Crippen LogP) is 2.49. The highest BCUT2D eigenvalue weighted by Crippen LogP contribution is 2.23. The van der Waals surface area contributed by atoms with Gasteiger partial charge in [-0.25, -0.2) is 0 Å². The fourth-order valence-corrected chi connectivity index (χ4v) is 3.25. The van der Waals surface area contributed by atoms with Crippen molar-refractivity contribution in [3.05, 3.63) is 24.3 Å². The molecular formula is C15H23ClN2O2S. The molecule has 0 spiro atoms. The lowest BCUT2D eigenvalue weighted by atomic mass is 9.91. The van der Waals surface area contributed by atoms with Gasteiger partial charge in [0.1, 0.15) is 5.75 Å². The van der Waals surface area contributed by atoms with E-state index >= 15 is 0 Å². The Balaban J connectivity index is 0.00000220. The largest absolute Gasteiger partial charge is 0.508 e. The maximum Gasteiger partial charge on any atom is 0.232 e. The van der Waals surface area contributed by atoms with Crippen LogP contribution in [0.15, 0.2) is 29.2 Å². The number of phenolic OH excluding ortho intramolecular Hbond substituents is 1. The van der Waals surface area contributed by atoms with Crippen LogP contribution < -0.4 is 5.73 Å². The van der Waals surface area contributed by atoms with E-state index in [0.29, 0.717) is 11.7 Å². The van der Waals surface area contributed by atoms with Gasteiger partial charge in [0.15, 0.2) is 0 Å². The fraction of sp³-hybridized carbons (Fsp3) is 0.533. The van der Waals surface area contributed by atoms with Gasteiger partial charge in [0.25, 0.3) is 0 Å². The van der Waals surface area contributed by atoms with Gasteiger partial charge in [-0.3, -0.25) is 4.79 Å². The SMILES string of the molecule is CC(N)C1CCN(C(=O)CSc2ccc(O)cc2)CC1.Cl. The second kappa shape index (κ2) is 8.51. The highest BCUT2D eigenvalue weighted by atomic mass is 35.5. The molecule has 0 aliphatic carbocycles. The van der Waals surface area contributed by atoms with Crippen LogP contribution in [0.25, 0.3) is 0 Å². The minimum atomic E-state index is 0. The Labute approximate surface area is 136 Å². The Hall–Kier alpha value is -0.910. The Morgan fingerprint density at radius 2 is 1.95 bits per heavy atom. The summed E-state index contributed by atoms with van der Waals surface area (Å²) in [5, 5.41) is 9.21. The number of carbonyl (C=O) groups is 1. The van der Waals surface area contributed by atoms with Gasteiger partial charge in [-0.2, -0.15) is 0 Å². The van der Waals surface area contributed by atoms with Crippen LogP contribution in [0, 0.1) is 5.92 Å². The molecule has 1 aliphatic rings. The summed E-state index contributed by atoms with van der Waals surface area (Å²) in [7, 11) is 0. The van der Waals surface area contributed by atoms with Crippen molar-refractivity contribution in [2.24, 2.45) is 11.7 Å². The second-order valence-electron chi connectivity index (χ2n) is 5.36. The third-order valence-electron chi connectivity index (χ3n) is 3.83. The number of rotatable bonds is 4. The molecule has 118 valence electrons. The van der Waals surface area contributed by atoms with Gasteiger partial charge in [0.05, 0.1) is 5.75 Å². The van der Waals surface area contributed by atoms with E-state index in [1.54, 1.807) is 12.1 Å². The van der Waals surface area contributed by atoms with Crippen molar-refractivity contribution in [2.75, 3.05) is 18.8 Å². The molecule has 6 heteroatoms. The quantitative estimate of drug-likeness (QED) is 0.832. The van der Waals surface area contributed by atoms with Crippen molar-refractivity contribution in [1.82, 2.24) is 4.90 Å². The minimum Gasteiger partial charge on any atom is -0.508 e. The average molecular weight is 331 g/mol. The number of likely N-dealkylation sites (tertiary alicyclic amines) is 1. The summed E-state index contributed by atoms with van der Waals surface area (Å²) in [6, 6.07) is 7.16. The summed E-state index contributed by atoms with van der Waals surface area (Å²) in [5.74, 6) is 1.43. The number of hydrogen-bond acceptors (Lipinski definition) is 4. The van der Waals surface area contributed by atoms with E-state index in [2.05, 4.69) is 0 Å². The monoisotopic (exact) mass is 330 g/mol. The number of benzene rings is 1. The first-order chi connectivity index (χ1) is 9.56. The second-order valence-corrected chi connectivity index (χ2v) is 6.41. The number of amides is 1. The molecule has 1 heterocycles. The molecular weight excluding hydrogens is 308 g/mol. The first-order valence-corrected chi connectivity index (χ1v) is 8.00. The third kappa shape index (κ3) is 5.41. The number of thioether (sulfide) groups is 1. The zero-order chi connectivity index (χ0) is 14.5. The van der Waals surface area contributed by atoms with E-state index in [0.717, 1.165) is 30.8 Å². The normalized spacial score (nSPS) is 17.1. The highest BCUT2D eigenvalue weighted by Gasteiger charge is 2.24. The van der Waals surface area contributed by atoms with Crippen LogP contribution in [0.5, 0.6) is 5.75 Å². The Morgan fingerprint density at radius 1 is 1.38 bits per heavy atom. The van der Waals surface area contributed by atoms with Gasteiger partial charge in [0, 0.05) is 24.0 Å². The molecule has 0 bridgehead atoms. The summed E-state index contributed by atoms with van der Waals surface area (Å²) in [4.78, 5) is 15.1.